The molecule has 18 heavy (non-hydrogen) atoms. The quantitative estimate of drug-likeness (QED) is 0.760. The predicted molar refractivity (Wildman–Crippen MR) is 62.4 cm³/mol. The lowest BCUT2D eigenvalue weighted by atomic mass is 10.1. The van der Waals surface area contributed by atoms with Crippen LogP contribution >= 0.6 is 23.2 Å². The van der Waals surface area contributed by atoms with E-state index >= 15 is 0 Å². The fourth-order valence-corrected chi connectivity index (χ4v) is 1.69. The fraction of sp³-hybridized carbons (Fsp3) is 0.0909. The largest absolute Gasteiger partial charge is 0.263 e. The lowest BCUT2D eigenvalue weighted by molar-refractivity contribution is 0.151. The van der Waals surface area contributed by atoms with Crippen molar-refractivity contribution in [1.82, 2.24) is 9.97 Å². The number of rotatable bonds is 2. The van der Waals surface area contributed by atoms with Gasteiger partial charge in [0.05, 0.1) is 0 Å². The summed E-state index contributed by atoms with van der Waals surface area (Å²) in [6.07, 6.45) is -2.56. The minimum atomic E-state index is -2.56. The summed E-state index contributed by atoms with van der Waals surface area (Å²) in [5.74, 6) is -0.835. The summed E-state index contributed by atoms with van der Waals surface area (Å²) in [5.41, 5.74) is 0.293. The highest BCUT2D eigenvalue weighted by Crippen LogP contribution is 2.26. The summed E-state index contributed by atoms with van der Waals surface area (Å²) in [6.45, 7) is 0. The maximum Gasteiger partial charge on any atom is 0.263 e. The zero-order valence-corrected chi connectivity index (χ0v) is 10.2. The molecule has 2 nitrogen and oxygen atoms in total. The normalized spacial score (nSPS) is 11.0. The second kappa shape index (κ2) is 5.12. The van der Waals surface area contributed by atoms with Crippen molar-refractivity contribution in [2.45, 2.75) is 6.43 Å². The van der Waals surface area contributed by atoms with E-state index in [9.17, 15) is 13.2 Å². The van der Waals surface area contributed by atoms with E-state index in [1.807, 2.05) is 0 Å². The lowest BCUT2D eigenvalue weighted by Crippen LogP contribution is -1.95. The molecule has 7 heteroatoms. The van der Waals surface area contributed by atoms with Gasteiger partial charge in [-0.05, 0) is 0 Å². The molecule has 1 aromatic heterocycles. The van der Waals surface area contributed by atoms with Crippen LogP contribution in [0.1, 0.15) is 12.0 Å². The molecular formula is C11H5Cl2F3N2. The molecule has 0 spiro atoms. The Hall–Kier alpha value is -1.33. The number of hydrogen-bond donors (Lipinski definition) is 0. The monoisotopic (exact) mass is 292 g/mol. The van der Waals surface area contributed by atoms with Crippen LogP contribution in [0.3, 0.4) is 0 Å². The van der Waals surface area contributed by atoms with Gasteiger partial charge < -0.3 is 0 Å². The highest BCUT2D eigenvalue weighted by molar-refractivity contribution is 6.33. The molecular weight excluding hydrogens is 288 g/mol. The minimum absolute atomic E-state index is 0.0761. The Morgan fingerprint density at radius 2 is 1.44 bits per heavy atom. The fourth-order valence-electron chi connectivity index (χ4n) is 1.30. The van der Waals surface area contributed by atoms with E-state index in [4.69, 9.17) is 23.2 Å². The second-order valence-corrected chi connectivity index (χ2v) is 4.08. The molecule has 0 bridgehead atoms. The van der Waals surface area contributed by atoms with E-state index in [1.165, 1.54) is 24.3 Å². The van der Waals surface area contributed by atoms with Crippen LogP contribution in [-0.4, -0.2) is 9.97 Å². The maximum absolute atomic E-state index is 13.1. The topological polar surface area (TPSA) is 25.8 Å². The number of halogens is 5. The average Bonchev–Trinajstić information content (AvgIpc) is 2.35. The van der Waals surface area contributed by atoms with Gasteiger partial charge in [-0.2, -0.15) is 0 Å². The van der Waals surface area contributed by atoms with Crippen molar-refractivity contribution in [2.24, 2.45) is 0 Å². The molecule has 2 aromatic rings. The van der Waals surface area contributed by atoms with E-state index < -0.39 is 22.5 Å². The molecule has 0 saturated carbocycles. The first kappa shape index (κ1) is 13.1. The molecule has 0 atom stereocenters. The van der Waals surface area contributed by atoms with Gasteiger partial charge >= 0.3 is 0 Å². The zero-order valence-electron chi connectivity index (χ0n) is 8.67. The summed E-state index contributed by atoms with van der Waals surface area (Å²) in [4.78, 5) is 7.37. The number of nitrogens with zero attached hydrogens (tertiary/aromatic N) is 2. The Labute approximate surface area is 110 Å². The van der Waals surface area contributed by atoms with E-state index in [0.717, 1.165) is 0 Å². The van der Waals surface area contributed by atoms with Crippen molar-refractivity contribution in [3.8, 4) is 11.4 Å². The Morgan fingerprint density at radius 3 is 1.89 bits per heavy atom. The van der Waals surface area contributed by atoms with Gasteiger partial charge in [0.25, 0.3) is 6.43 Å². The van der Waals surface area contributed by atoms with Gasteiger partial charge in [0.2, 0.25) is 0 Å². The summed E-state index contributed by atoms with van der Waals surface area (Å²) in [6, 6.07) is 5.24. The molecule has 0 aliphatic rings. The molecule has 0 amide bonds. The van der Waals surface area contributed by atoms with Crippen molar-refractivity contribution in [3.05, 3.63) is 46.0 Å². The Morgan fingerprint density at radius 1 is 0.944 bits per heavy atom. The molecule has 0 unspecified atom stereocenters. The van der Waals surface area contributed by atoms with Crippen LogP contribution in [0.15, 0.2) is 24.3 Å². The number of aromatic nitrogens is 2. The number of benzene rings is 1. The average molecular weight is 293 g/mol. The summed E-state index contributed by atoms with van der Waals surface area (Å²) in [5, 5.41) is -0.828. The van der Waals surface area contributed by atoms with Crippen molar-refractivity contribution in [1.29, 1.82) is 0 Å². The van der Waals surface area contributed by atoms with Crippen LogP contribution in [0.2, 0.25) is 10.3 Å². The number of alkyl halides is 2. The smallest absolute Gasteiger partial charge is 0.213 e. The molecule has 0 fully saturated rings. The summed E-state index contributed by atoms with van der Waals surface area (Å²) < 4.78 is 37.8. The van der Waals surface area contributed by atoms with E-state index in [2.05, 4.69) is 9.97 Å². The summed E-state index contributed by atoms with van der Waals surface area (Å²) >= 11 is 11.0. The SMILES string of the molecule is Fc1c(Cl)nc(-c2ccc(C(F)F)cc2)nc1Cl. The maximum atomic E-state index is 13.1. The van der Waals surface area contributed by atoms with Crippen LogP contribution in [-0.2, 0) is 0 Å². The van der Waals surface area contributed by atoms with Gasteiger partial charge in [0.15, 0.2) is 21.9 Å². The molecule has 0 aliphatic carbocycles. The van der Waals surface area contributed by atoms with Crippen LogP contribution in [0, 0.1) is 5.82 Å². The van der Waals surface area contributed by atoms with Crippen molar-refractivity contribution in [2.75, 3.05) is 0 Å². The van der Waals surface area contributed by atoms with Crippen molar-refractivity contribution in [3.63, 3.8) is 0 Å². The molecule has 94 valence electrons. The van der Waals surface area contributed by atoms with Crippen LogP contribution in [0.5, 0.6) is 0 Å². The third kappa shape index (κ3) is 2.57. The molecule has 2 rings (SSSR count). The predicted octanol–water partition coefficient (Wildman–Crippen LogP) is 4.53. The standard InChI is InChI=1S/C11H5Cl2F3N2/c12-8-7(14)9(13)18-11(17-8)6-3-1-5(2-4-6)10(15)16/h1-4,10H. The van der Waals surface area contributed by atoms with E-state index in [0.29, 0.717) is 5.56 Å². The third-order valence-electron chi connectivity index (χ3n) is 2.19. The molecule has 0 aliphatic heterocycles. The molecule has 0 saturated heterocycles. The van der Waals surface area contributed by atoms with Crippen LogP contribution in [0.25, 0.3) is 11.4 Å². The Kier molecular flexibility index (Phi) is 3.73. The zero-order chi connectivity index (χ0) is 13.3. The minimum Gasteiger partial charge on any atom is -0.213 e. The summed E-state index contributed by atoms with van der Waals surface area (Å²) in [7, 11) is 0. The van der Waals surface area contributed by atoms with Gasteiger partial charge in [0.1, 0.15) is 0 Å². The lowest BCUT2D eigenvalue weighted by Gasteiger charge is -2.04. The number of hydrogen-bond acceptors (Lipinski definition) is 2. The molecule has 0 N–H and O–H groups in total. The van der Waals surface area contributed by atoms with E-state index in [-0.39, 0.29) is 11.4 Å². The van der Waals surface area contributed by atoms with Gasteiger partial charge in [-0.25, -0.2) is 23.1 Å². The highest BCUT2D eigenvalue weighted by Gasteiger charge is 2.13. The van der Waals surface area contributed by atoms with E-state index in [1.54, 1.807) is 0 Å². The first-order valence-electron chi connectivity index (χ1n) is 4.76. The van der Waals surface area contributed by atoms with Crippen molar-refractivity contribution >= 4 is 23.2 Å². The van der Waals surface area contributed by atoms with Crippen molar-refractivity contribution < 1.29 is 13.2 Å². The van der Waals surface area contributed by atoms with Gasteiger partial charge in [-0.15, -0.1) is 0 Å². The van der Waals surface area contributed by atoms with Gasteiger partial charge in [-0.1, -0.05) is 47.5 Å². The van der Waals surface area contributed by atoms with Crippen LogP contribution in [0.4, 0.5) is 13.2 Å². The molecule has 0 radical (unpaired) electrons. The third-order valence-corrected chi connectivity index (χ3v) is 2.69. The first-order chi connectivity index (χ1) is 8.49. The van der Waals surface area contributed by atoms with Crippen LogP contribution < -0.4 is 0 Å². The first-order valence-corrected chi connectivity index (χ1v) is 5.51. The molecule has 1 heterocycles. The van der Waals surface area contributed by atoms with Gasteiger partial charge in [-0.3, -0.25) is 0 Å². The second-order valence-electron chi connectivity index (χ2n) is 3.37. The Balaban J connectivity index is 2.43. The molecule has 1 aromatic carbocycles. The Bertz CT molecular complexity index is 550. The highest BCUT2D eigenvalue weighted by atomic mass is 35.5. The van der Waals surface area contributed by atoms with Gasteiger partial charge in [0, 0.05) is 11.1 Å².